The standard InChI is InChI=1S/C23H27N3O2/c1-28-20-9-6-18(7-10-20)17-25-12-14-26(15-13-25)23(27)11-8-19-16-24-22-5-3-2-4-21(19)22/h2-7,9-10,16,24H,8,11-15,17H2,1H3. The summed E-state index contributed by atoms with van der Waals surface area (Å²) in [6.07, 6.45) is 3.39. The first-order chi connectivity index (χ1) is 13.7. The van der Waals surface area contributed by atoms with Crippen molar-refractivity contribution in [3.8, 4) is 5.75 Å². The van der Waals surface area contributed by atoms with Crippen molar-refractivity contribution in [3.63, 3.8) is 0 Å². The van der Waals surface area contributed by atoms with Crippen LogP contribution in [0.5, 0.6) is 5.75 Å². The van der Waals surface area contributed by atoms with Crippen LogP contribution in [-0.4, -0.2) is 54.0 Å². The third-order valence-electron chi connectivity index (χ3n) is 5.57. The average Bonchev–Trinajstić information content (AvgIpc) is 3.16. The highest BCUT2D eigenvalue weighted by atomic mass is 16.5. The molecule has 3 aromatic rings. The minimum absolute atomic E-state index is 0.259. The highest BCUT2D eigenvalue weighted by Crippen LogP contribution is 2.20. The number of ether oxygens (including phenoxy) is 1. The number of aryl methyl sites for hydroxylation is 1. The number of benzene rings is 2. The maximum Gasteiger partial charge on any atom is 0.222 e. The molecule has 5 heteroatoms. The predicted molar refractivity (Wildman–Crippen MR) is 111 cm³/mol. The number of para-hydroxylation sites is 1. The Labute approximate surface area is 165 Å². The van der Waals surface area contributed by atoms with Crippen LogP contribution in [-0.2, 0) is 17.8 Å². The monoisotopic (exact) mass is 377 g/mol. The van der Waals surface area contributed by atoms with Crippen LogP contribution in [0.1, 0.15) is 17.5 Å². The normalized spacial score (nSPS) is 15.1. The summed E-state index contributed by atoms with van der Waals surface area (Å²) in [5.74, 6) is 1.14. The molecular formula is C23H27N3O2. The second kappa shape index (κ2) is 8.48. The van der Waals surface area contributed by atoms with Gasteiger partial charge in [-0.25, -0.2) is 0 Å². The summed E-state index contributed by atoms with van der Waals surface area (Å²) in [4.78, 5) is 20.4. The van der Waals surface area contributed by atoms with Gasteiger partial charge in [-0.2, -0.15) is 0 Å². The SMILES string of the molecule is COc1ccc(CN2CCN(C(=O)CCc3c[nH]c4ccccc34)CC2)cc1. The van der Waals surface area contributed by atoms with Crippen LogP contribution in [0.2, 0.25) is 0 Å². The van der Waals surface area contributed by atoms with Crippen LogP contribution in [0.4, 0.5) is 0 Å². The molecule has 5 nitrogen and oxygen atoms in total. The third-order valence-corrected chi connectivity index (χ3v) is 5.57. The van der Waals surface area contributed by atoms with Crippen LogP contribution in [0.25, 0.3) is 10.9 Å². The molecule has 2 heterocycles. The third kappa shape index (κ3) is 4.20. The Hall–Kier alpha value is -2.79. The topological polar surface area (TPSA) is 48.6 Å². The van der Waals surface area contributed by atoms with Crippen molar-refractivity contribution >= 4 is 16.8 Å². The number of fused-ring (bicyclic) bond motifs is 1. The van der Waals surface area contributed by atoms with Crippen molar-refractivity contribution in [1.29, 1.82) is 0 Å². The van der Waals surface area contributed by atoms with Crippen molar-refractivity contribution in [2.75, 3.05) is 33.3 Å². The first-order valence-electron chi connectivity index (χ1n) is 9.91. The van der Waals surface area contributed by atoms with Crippen LogP contribution in [0.15, 0.2) is 54.7 Å². The van der Waals surface area contributed by atoms with E-state index in [0.29, 0.717) is 6.42 Å². The molecule has 1 amide bonds. The largest absolute Gasteiger partial charge is 0.497 e. The number of piperazine rings is 1. The number of methoxy groups -OCH3 is 1. The van der Waals surface area contributed by atoms with Crippen molar-refractivity contribution in [2.45, 2.75) is 19.4 Å². The number of H-pyrrole nitrogens is 1. The number of rotatable bonds is 6. The molecule has 4 rings (SSSR count). The van der Waals surface area contributed by atoms with Crippen LogP contribution >= 0.6 is 0 Å². The molecule has 1 aliphatic rings. The van der Waals surface area contributed by atoms with E-state index < -0.39 is 0 Å². The number of amides is 1. The highest BCUT2D eigenvalue weighted by molar-refractivity contribution is 5.84. The van der Waals surface area contributed by atoms with Gasteiger partial charge in [0.2, 0.25) is 5.91 Å². The Bertz CT molecular complexity index is 924. The molecule has 0 atom stereocenters. The lowest BCUT2D eigenvalue weighted by molar-refractivity contribution is -0.132. The fourth-order valence-electron chi connectivity index (χ4n) is 3.88. The van der Waals surface area contributed by atoms with E-state index >= 15 is 0 Å². The average molecular weight is 377 g/mol. The Balaban J connectivity index is 1.25. The highest BCUT2D eigenvalue weighted by Gasteiger charge is 2.21. The molecule has 1 aromatic heterocycles. The summed E-state index contributed by atoms with van der Waals surface area (Å²) < 4.78 is 5.21. The van der Waals surface area contributed by atoms with Crippen molar-refractivity contribution in [3.05, 3.63) is 65.9 Å². The molecule has 0 radical (unpaired) electrons. The molecule has 0 aliphatic carbocycles. The molecule has 146 valence electrons. The Morgan fingerprint density at radius 2 is 1.79 bits per heavy atom. The first kappa shape index (κ1) is 18.6. The van der Waals surface area contributed by atoms with Gasteiger partial charge in [0.05, 0.1) is 7.11 Å². The molecule has 1 fully saturated rings. The number of nitrogens with one attached hydrogen (secondary N) is 1. The zero-order valence-electron chi connectivity index (χ0n) is 16.4. The molecule has 1 N–H and O–H groups in total. The van der Waals surface area contributed by atoms with Crippen molar-refractivity contribution in [2.24, 2.45) is 0 Å². The Morgan fingerprint density at radius 3 is 2.54 bits per heavy atom. The maximum absolute atomic E-state index is 12.6. The molecule has 2 aromatic carbocycles. The van der Waals surface area contributed by atoms with Crippen LogP contribution < -0.4 is 4.74 Å². The van der Waals surface area contributed by atoms with Gasteiger partial charge in [-0.05, 0) is 35.7 Å². The van der Waals surface area contributed by atoms with E-state index in [-0.39, 0.29) is 5.91 Å². The van der Waals surface area contributed by atoms with Crippen LogP contribution in [0.3, 0.4) is 0 Å². The smallest absolute Gasteiger partial charge is 0.222 e. The number of aromatic nitrogens is 1. The fraction of sp³-hybridized carbons (Fsp3) is 0.348. The summed E-state index contributed by atoms with van der Waals surface area (Å²) in [5.41, 5.74) is 3.64. The van der Waals surface area contributed by atoms with Gasteiger partial charge in [0.1, 0.15) is 5.75 Å². The maximum atomic E-state index is 12.6. The van der Waals surface area contributed by atoms with Crippen LogP contribution in [0, 0.1) is 0 Å². The summed E-state index contributed by atoms with van der Waals surface area (Å²) in [7, 11) is 1.68. The number of hydrogen-bond acceptors (Lipinski definition) is 3. The number of nitrogens with zero attached hydrogens (tertiary/aromatic N) is 2. The number of hydrogen-bond donors (Lipinski definition) is 1. The summed E-state index contributed by atoms with van der Waals surface area (Å²) in [6.45, 7) is 4.38. The lowest BCUT2D eigenvalue weighted by atomic mass is 10.1. The Morgan fingerprint density at radius 1 is 1.04 bits per heavy atom. The lowest BCUT2D eigenvalue weighted by Gasteiger charge is -2.34. The summed E-state index contributed by atoms with van der Waals surface area (Å²) in [5, 5.41) is 1.22. The van der Waals surface area contributed by atoms with Gasteiger partial charge >= 0.3 is 0 Å². The minimum atomic E-state index is 0.259. The summed E-state index contributed by atoms with van der Waals surface area (Å²) >= 11 is 0. The van der Waals surface area contributed by atoms with Gasteiger partial charge in [0.25, 0.3) is 0 Å². The van der Waals surface area contributed by atoms with Gasteiger partial charge < -0.3 is 14.6 Å². The zero-order chi connectivity index (χ0) is 19.3. The van der Waals surface area contributed by atoms with Crippen molar-refractivity contribution < 1.29 is 9.53 Å². The molecule has 28 heavy (non-hydrogen) atoms. The van der Waals surface area contributed by atoms with Gasteiger partial charge in [-0.1, -0.05) is 30.3 Å². The molecule has 0 spiro atoms. The van der Waals surface area contributed by atoms with Gasteiger partial charge in [-0.15, -0.1) is 0 Å². The Kier molecular flexibility index (Phi) is 5.63. The number of aromatic amines is 1. The molecular weight excluding hydrogens is 350 g/mol. The first-order valence-corrected chi connectivity index (χ1v) is 9.91. The second-order valence-corrected chi connectivity index (χ2v) is 7.36. The van der Waals surface area contributed by atoms with E-state index in [4.69, 9.17) is 4.74 Å². The lowest BCUT2D eigenvalue weighted by Crippen LogP contribution is -2.48. The molecule has 0 saturated carbocycles. The van der Waals surface area contributed by atoms with E-state index in [1.165, 1.54) is 16.5 Å². The van der Waals surface area contributed by atoms with Gasteiger partial charge in [-0.3, -0.25) is 9.69 Å². The molecule has 1 aliphatic heterocycles. The van der Waals surface area contributed by atoms with Gasteiger partial charge in [0.15, 0.2) is 0 Å². The zero-order valence-corrected chi connectivity index (χ0v) is 16.4. The van der Waals surface area contributed by atoms with Crippen molar-refractivity contribution in [1.82, 2.24) is 14.8 Å². The van der Waals surface area contributed by atoms with E-state index in [2.05, 4.69) is 34.1 Å². The van der Waals surface area contributed by atoms with Gasteiger partial charge in [0, 0.05) is 56.2 Å². The quantitative estimate of drug-likeness (QED) is 0.716. The number of carbonyl (C=O) groups is 1. The summed E-state index contributed by atoms with van der Waals surface area (Å²) in [6, 6.07) is 16.5. The molecule has 0 bridgehead atoms. The number of carbonyl (C=O) groups excluding carboxylic acids is 1. The van der Waals surface area contributed by atoms with E-state index in [1.807, 2.05) is 35.4 Å². The minimum Gasteiger partial charge on any atom is -0.497 e. The van der Waals surface area contributed by atoms with E-state index in [9.17, 15) is 4.79 Å². The molecule has 0 unspecified atom stereocenters. The fourth-order valence-corrected chi connectivity index (χ4v) is 3.88. The van der Waals surface area contributed by atoms with E-state index in [0.717, 1.165) is 50.4 Å². The molecule has 1 saturated heterocycles. The van der Waals surface area contributed by atoms with E-state index in [1.54, 1.807) is 7.11 Å². The second-order valence-electron chi connectivity index (χ2n) is 7.36. The predicted octanol–water partition coefficient (Wildman–Crippen LogP) is 3.45.